The highest BCUT2D eigenvalue weighted by Gasteiger charge is 2.30. The predicted molar refractivity (Wildman–Crippen MR) is 91.4 cm³/mol. The molecule has 25 heavy (non-hydrogen) atoms. The Hall–Kier alpha value is -2.70. The highest BCUT2D eigenvalue weighted by Crippen LogP contribution is 2.39. The molecule has 1 aliphatic carbocycles. The SMILES string of the molecule is O=C(c1cc(C2CC2)[nH]n1)N1CCC(c2nnc3ccccn23)CC1. The zero-order valence-electron chi connectivity index (χ0n) is 13.9. The number of H-pyrrole nitrogens is 1. The second-order valence-corrected chi connectivity index (χ2v) is 7.04. The molecular formula is C18H20N6O. The van der Waals surface area contributed by atoms with E-state index < -0.39 is 0 Å². The van der Waals surface area contributed by atoms with Crippen LogP contribution in [0.25, 0.3) is 5.65 Å². The van der Waals surface area contributed by atoms with Gasteiger partial charge >= 0.3 is 0 Å². The average molecular weight is 336 g/mol. The number of hydrogen-bond acceptors (Lipinski definition) is 4. The number of rotatable bonds is 3. The molecule has 5 rings (SSSR count). The molecule has 3 aromatic rings. The molecule has 0 unspecified atom stereocenters. The molecule has 4 heterocycles. The van der Waals surface area contributed by atoms with Crippen molar-refractivity contribution < 1.29 is 4.79 Å². The summed E-state index contributed by atoms with van der Waals surface area (Å²) in [6.07, 6.45) is 6.22. The second-order valence-electron chi connectivity index (χ2n) is 7.04. The van der Waals surface area contributed by atoms with Crippen LogP contribution in [-0.4, -0.2) is 48.7 Å². The van der Waals surface area contributed by atoms with E-state index in [-0.39, 0.29) is 5.91 Å². The lowest BCUT2D eigenvalue weighted by molar-refractivity contribution is 0.0705. The Morgan fingerprint density at radius 1 is 1.08 bits per heavy atom. The first-order valence-electron chi connectivity index (χ1n) is 8.94. The Labute approximate surface area is 145 Å². The van der Waals surface area contributed by atoms with Gasteiger partial charge in [-0.2, -0.15) is 5.10 Å². The highest BCUT2D eigenvalue weighted by atomic mass is 16.2. The van der Waals surface area contributed by atoms with Crippen molar-refractivity contribution in [2.24, 2.45) is 0 Å². The van der Waals surface area contributed by atoms with Gasteiger partial charge in [-0.15, -0.1) is 10.2 Å². The molecule has 0 bridgehead atoms. The molecule has 7 heteroatoms. The van der Waals surface area contributed by atoms with Crippen LogP contribution in [0.1, 0.15) is 59.5 Å². The number of pyridine rings is 1. The van der Waals surface area contributed by atoms with Gasteiger partial charge in [0.1, 0.15) is 11.5 Å². The van der Waals surface area contributed by atoms with E-state index in [0.29, 0.717) is 17.5 Å². The highest BCUT2D eigenvalue weighted by molar-refractivity contribution is 5.92. The number of aromatic nitrogens is 5. The average Bonchev–Trinajstić information content (AvgIpc) is 3.23. The van der Waals surface area contributed by atoms with Crippen LogP contribution in [-0.2, 0) is 0 Å². The molecule has 2 fully saturated rings. The third kappa shape index (κ3) is 2.59. The molecule has 0 radical (unpaired) electrons. The van der Waals surface area contributed by atoms with Gasteiger partial charge < -0.3 is 4.90 Å². The Balaban J connectivity index is 1.28. The van der Waals surface area contributed by atoms with Gasteiger partial charge in [0.05, 0.1) is 0 Å². The quantitative estimate of drug-likeness (QED) is 0.796. The Morgan fingerprint density at radius 3 is 2.72 bits per heavy atom. The van der Waals surface area contributed by atoms with E-state index in [9.17, 15) is 4.79 Å². The van der Waals surface area contributed by atoms with Crippen molar-refractivity contribution in [3.63, 3.8) is 0 Å². The summed E-state index contributed by atoms with van der Waals surface area (Å²) in [6.45, 7) is 1.47. The molecule has 0 aromatic carbocycles. The molecule has 1 aliphatic heterocycles. The van der Waals surface area contributed by atoms with Crippen LogP contribution >= 0.6 is 0 Å². The minimum absolute atomic E-state index is 0.0349. The van der Waals surface area contributed by atoms with Crippen LogP contribution in [0.5, 0.6) is 0 Å². The molecule has 1 N–H and O–H groups in total. The third-order valence-electron chi connectivity index (χ3n) is 5.32. The first kappa shape index (κ1) is 14.6. The number of carbonyl (C=O) groups excluding carboxylic acids is 1. The van der Waals surface area contributed by atoms with Crippen LogP contribution in [0, 0.1) is 0 Å². The van der Waals surface area contributed by atoms with Crippen molar-refractivity contribution in [3.05, 3.63) is 47.7 Å². The van der Waals surface area contributed by atoms with Crippen LogP contribution in [0.3, 0.4) is 0 Å². The summed E-state index contributed by atoms with van der Waals surface area (Å²) in [5, 5.41) is 15.8. The van der Waals surface area contributed by atoms with Crippen LogP contribution < -0.4 is 0 Å². The van der Waals surface area contributed by atoms with Gasteiger partial charge in [0.2, 0.25) is 0 Å². The number of aromatic amines is 1. The standard InChI is InChI=1S/C18H20N6O/c25-18(15-11-14(19-20-15)12-4-5-12)23-9-6-13(7-10-23)17-22-21-16-3-1-2-8-24(16)17/h1-3,8,11-13H,4-7,9-10H2,(H,19,20). The summed E-state index contributed by atoms with van der Waals surface area (Å²) in [6, 6.07) is 7.85. The van der Waals surface area contributed by atoms with Crippen molar-refractivity contribution in [1.29, 1.82) is 0 Å². The Bertz CT molecular complexity index is 916. The van der Waals surface area contributed by atoms with E-state index in [1.54, 1.807) is 0 Å². The fourth-order valence-electron chi connectivity index (χ4n) is 3.69. The van der Waals surface area contributed by atoms with E-state index in [1.807, 2.05) is 35.4 Å². The number of carbonyl (C=O) groups is 1. The number of nitrogens with zero attached hydrogens (tertiary/aromatic N) is 5. The number of amides is 1. The lowest BCUT2D eigenvalue weighted by atomic mass is 9.95. The zero-order valence-corrected chi connectivity index (χ0v) is 13.9. The molecule has 3 aromatic heterocycles. The zero-order chi connectivity index (χ0) is 16.8. The van der Waals surface area contributed by atoms with E-state index in [4.69, 9.17) is 0 Å². The van der Waals surface area contributed by atoms with Gasteiger partial charge in [-0.25, -0.2) is 0 Å². The summed E-state index contributed by atoms with van der Waals surface area (Å²) >= 11 is 0. The van der Waals surface area contributed by atoms with Crippen molar-refractivity contribution in [2.45, 2.75) is 37.5 Å². The van der Waals surface area contributed by atoms with Crippen molar-refractivity contribution in [3.8, 4) is 0 Å². The summed E-state index contributed by atoms with van der Waals surface area (Å²) < 4.78 is 2.05. The molecular weight excluding hydrogens is 316 g/mol. The maximum atomic E-state index is 12.7. The van der Waals surface area contributed by atoms with E-state index in [1.165, 1.54) is 12.8 Å². The van der Waals surface area contributed by atoms with Crippen LogP contribution in [0.4, 0.5) is 0 Å². The molecule has 0 atom stereocenters. The molecule has 2 aliphatic rings. The molecule has 0 spiro atoms. The number of hydrogen-bond donors (Lipinski definition) is 1. The van der Waals surface area contributed by atoms with E-state index in [2.05, 4.69) is 24.8 Å². The summed E-state index contributed by atoms with van der Waals surface area (Å²) in [7, 11) is 0. The smallest absolute Gasteiger partial charge is 0.274 e. The second kappa shape index (κ2) is 5.68. The topological polar surface area (TPSA) is 79.2 Å². The predicted octanol–water partition coefficient (Wildman–Crippen LogP) is 2.35. The van der Waals surface area contributed by atoms with Crippen molar-refractivity contribution >= 4 is 11.6 Å². The van der Waals surface area contributed by atoms with Gasteiger partial charge in [0.15, 0.2) is 5.65 Å². The van der Waals surface area contributed by atoms with Crippen LogP contribution in [0.2, 0.25) is 0 Å². The summed E-state index contributed by atoms with van der Waals surface area (Å²) in [5.41, 5.74) is 2.53. The van der Waals surface area contributed by atoms with Crippen LogP contribution in [0.15, 0.2) is 30.5 Å². The van der Waals surface area contributed by atoms with Gasteiger partial charge in [-0.3, -0.25) is 14.3 Å². The molecule has 128 valence electrons. The normalized spacial score (nSPS) is 18.8. The number of nitrogens with one attached hydrogen (secondary N) is 1. The largest absolute Gasteiger partial charge is 0.337 e. The maximum absolute atomic E-state index is 12.7. The summed E-state index contributed by atoms with van der Waals surface area (Å²) in [5.74, 6) is 1.95. The van der Waals surface area contributed by atoms with Gasteiger partial charge in [0.25, 0.3) is 5.91 Å². The number of likely N-dealkylation sites (tertiary alicyclic amines) is 1. The summed E-state index contributed by atoms with van der Waals surface area (Å²) in [4.78, 5) is 14.6. The third-order valence-corrected chi connectivity index (χ3v) is 5.32. The Morgan fingerprint density at radius 2 is 1.92 bits per heavy atom. The first-order valence-corrected chi connectivity index (χ1v) is 8.94. The van der Waals surface area contributed by atoms with Crippen molar-refractivity contribution in [1.82, 2.24) is 29.7 Å². The number of fused-ring (bicyclic) bond motifs is 1. The molecule has 7 nitrogen and oxygen atoms in total. The molecule has 1 amide bonds. The van der Waals surface area contributed by atoms with E-state index >= 15 is 0 Å². The minimum atomic E-state index is 0.0349. The maximum Gasteiger partial charge on any atom is 0.274 e. The minimum Gasteiger partial charge on any atom is -0.337 e. The lowest BCUT2D eigenvalue weighted by Crippen LogP contribution is -2.38. The first-order chi connectivity index (χ1) is 12.3. The monoisotopic (exact) mass is 336 g/mol. The Kier molecular flexibility index (Phi) is 3.33. The van der Waals surface area contributed by atoms with E-state index in [0.717, 1.165) is 43.1 Å². The molecule has 1 saturated heterocycles. The van der Waals surface area contributed by atoms with Crippen molar-refractivity contribution in [2.75, 3.05) is 13.1 Å². The van der Waals surface area contributed by atoms with Gasteiger partial charge in [0, 0.05) is 36.8 Å². The lowest BCUT2D eigenvalue weighted by Gasteiger charge is -2.30. The molecule has 1 saturated carbocycles. The fraction of sp³-hybridized carbons (Fsp3) is 0.444. The fourth-order valence-corrected chi connectivity index (χ4v) is 3.69. The van der Waals surface area contributed by atoms with Gasteiger partial charge in [-0.05, 0) is 43.9 Å². The van der Waals surface area contributed by atoms with Gasteiger partial charge in [-0.1, -0.05) is 6.07 Å². The number of piperidine rings is 1.